The van der Waals surface area contributed by atoms with E-state index in [2.05, 4.69) is 0 Å². The lowest BCUT2D eigenvalue weighted by Crippen LogP contribution is -2.39. The van der Waals surface area contributed by atoms with Gasteiger partial charge in [-0.3, -0.25) is 4.79 Å². The molecule has 108 valence electrons. The highest BCUT2D eigenvalue weighted by Crippen LogP contribution is 2.22. The van der Waals surface area contributed by atoms with Crippen molar-refractivity contribution in [3.8, 4) is 5.75 Å². The van der Waals surface area contributed by atoms with Crippen molar-refractivity contribution >= 4 is 12.0 Å². The molecule has 20 heavy (non-hydrogen) atoms. The normalized spacial score (nSPS) is 15.7. The van der Waals surface area contributed by atoms with E-state index in [4.69, 9.17) is 9.47 Å². The smallest absolute Gasteiger partial charge is 0.246 e. The first-order valence-electron chi connectivity index (χ1n) is 6.82. The zero-order valence-electron chi connectivity index (χ0n) is 12.3. The lowest BCUT2D eigenvalue weighted by Gasteiger charge is -2.25. The standard InChI is InChI=1S/C16H21NO3/c1-12-10-14(19-3)11-13(2)15(12)4-5-16(18)17-6-8-20-9-7-17/h4-5,10-11H,6-9H2,1-3H3/b5-4+. The number of methoxy groups -OCH3 is 1. The summed E-state index contributed by atoms with van der Waals surface area (Å²) in [6.07, 6.45) is 3.54. The van der Waals surface area contributed by atoms with Crippen molar-refractivity contribution in [3.63, 3.8) is 0 Å². The van der Waals surface area contributed by atoms with Crippen LogP contribution in [0.5, 0.6) is 5.75 Å². The summed E-state index contributed by atoms with van der Waals surface area (Å²) < 4.78 is 10.5. The molecule has 0 unspecified atom stereocenters. The van der Waals surface area contributed by atoms with E-state index in [1.165, 1.54) is 0 Å². The number of rotatable bonds is 3. The van der Waals surface area contributed by atoms with Crippen molar-refractivity contribution < 1.29 is 14.3 Å². The largest absolute Gasteiger partial charge is 0.497 e. The Labute approximate surface area is 120 Å². The molecule has 4 nitrogen and oxygen atoms in total. The molecule has 2 rings (SSSR count). The number of aryl methyl sites for hydroxylation is 2. The summed E-state index contributed by atoms with van der Waals surface area (Å²) in [5.74, 6) is 0.888. The average Bonchev–Trinajstić information content (AvgIpc) is 2.46. The van der Waals surface area contributed by atoms with Gasteiger partial charge in [0.2, 0.25) is 5.91 Å². The minimum absolute atomic E-state index is 0.0444. The second-order valence-electron chi connectivity index (χ2n) is 4.95. The Balaban J connectivity index is 2.12. The number of carbonyl (C=O) groups is 1. The van der Waals surface area contributed by atoms with Gasteiger partial charge in [-0.1, -0.05) is 0 Å². The van der Waals surface area contributed by atoms with Crippen molar-refractivity contribution in [2.75, 3.05) is 33.4 Å². The molecule has 0 aliphatic carbocycles. The summed E-state index contributed by atoms with van der Waals surface area (Å²) in [5.41, 5.74) is 3.29. The molecule has 1 amide bonds. The summed E-state index contributed by atoms with van der Waals surface area (Å²) in [5, 5.41) is 0. The van der Waals surface area contributed by atoms with Crippen molar-refractivity contribution in [1.29, 1.82) is 0 Å². The van der Waals surface area contributed by atoms with Crippen LogP contribution in [-0.4, -0.2) is 44.2 Å². The van der Waals surface area contributed by atoms with Gasteiger partial charge < -0.3 is 14.4 Å². The first-order valence-corrected chi connectivity index (χ1v) is 6.82. The van der Waals surface area contributed by atoms with Gasteiger partial charge in [0.05, 0.1) is 20.3 Å². The van der Waals surface area contributed by atoms with Gasteiger partial charge in [0.25, 0.3) is 0 Å². The van der Waals surface area contributed by atoms with Crippen LogP contribution in [0.3, 0.4) is 0 Å². The highest BCUT2D eigenvalue weighted by atomic mass is 16.5. The molecular weight excluding hydrogens is 254 g/mol. The summed E-state index contributed by atoms with van der Waals surface area (Å²) in [7, 11) is 1.66. The fourth-order valence-corrected chi connectivity index (χ4v) is 2.36. The third kappa shape index (κ3) is 3.39. The van der Waals surface area contributed by atoms with Gasteiger partial charge in [0.1, 0.15) is 5.75 Å². The monoisotopic (exact) mass is 275 g/mol. The summed E-state index contributed by atoms with van der Waals surface area (Å²) >= 11 is 0. The lowest BCUT2D eigenvalue weighted by atomic mass is 10.0. The maximum atomic E-state index is 12.1. The number of carbonyl (C=O) groups excluding carboxylic acids is 1. The zero-order valence-corrected chi connectivity index (χ0v) is 12.3. The fraction of sp³-hybridized carbons (Fsp3) is 0.438. The van der Waals surface area contributed by atoms with E-state index in [-0.39, 0.29) is 5.91 Å². The Morgan fingerprint density at radius 1 is 1.25 bits per heavy atom. The number of nitrogens with zero attached hydrogens (tertiary/aromatic N) is 1. The number of hydrogen-bond donors (Lipinski definition) is 0. The Hall–Kier alpha value is -1.81. The molecule has 0 atom stereocenters. The molecule has 1 aliphatic rings. The molecule has 0 N–H and O–H groups in total. The summed E-state index contributed by atoms with van der Waals surface area (Å²) in [6.45, 7) is 6.64. The highest BCUT2D eigenvalue weighted by Gasteiger charge is 2.14. The van der Waals surface area contributed by atoms with Crippen molar-refractivity contribution in [2.24, 2.45) is 0 Å². The van der Waals surface area contributed by atoms with Crippen LogP contribution in [0.2, 0.25) is 0 Å². The average molecular weight is 275 g/mol. The van der Waals surface area contributed by atoms with Crippen molar-refractivity contribution in [3.05, 3.63) is 34.9 Å². The minimum Gasteiger partial charge on any atom is -0.497 e. The molecule has 0 aromatic heterocycles. The van der Waals surface area contributed by atoms with E-state index in [0.717, 1.165) is 22.4 Å². The van der Waals surface area contributed by atoms with E-state index in [1.54, 1.807) is 13.2 Å². The van der Waals surface area contributed by atoms with Gasteiger partial charge in [-0.05, 0) is 48.7 Å². The SMILES string of the molecule is COc1cc(C)c(/C=C/C(=O)N2CCOCC2)c(C)c1. The molecule has 0 spiro atoms. The molecule has 1 aromatic rings. The molecule has 1 saturated heterocycles. The summed E-state index contributed by atoms with van der Waals surface area (Å²) in [4.78, 5) is 13.9. The zero-order chi connectivity index (χ0) is 14.5. The lowest BCUT2D eigenvalue weighted by molar-refractivity contribution is -0.129. The second-order valence-corrected chi connectivity index (χ2v) is 4.95. The molecule has 1 heterocycles. The number of ether oxygens (including phenoxy) is 2. The van der Waals surface area contributed by atoms with Crippen LogP contribution in [0.25, 0.3) is 6.08 Å². The Morgan fingerprint density at radius 2 is 1.85 bits per heavy atom. The summed E-state index contributed by atoms with van der Waals surface area (Å²) in [6, 6.07) is 3.96. The van der Waals surface area contributed by atoms with Gasteiger partial charge in [0, 0.05) is 19.2 Å². The first-order chi connectivity index (χ1) is 9.61. The van der Waals surface area contributed by atoms with Crippen molar-refractivity contribution in [2.45, 2.75) is 13.8 Å². The molecule has 1 aromatic carbocycles. The van der Waals surface area contributed by atoms with E-state index in [9.17, 15) is 4.79 Å². The van der Waals surface area contributed by atoms with Crippen LogP contribution in [0, 0.1) is 13.8 Å². The van der Waals surface area contributed by atoms with Gasteiger partial charge in [-0.15, -0.1) is 0 Å². The van der Waals surface area contributed by atoms with Crippen LogP contribution in [0.15, 0.2) is 18.2 Å². The first kappa shape index (κ1) is 14.6. The van der Waals surface area contributed by atoms with Crippen LogP contribution in [0.1, 0.15) is 16.7 Å². The quantitative estimate of drug-likeness (QED) is 0.794. The Bertz CT molecular complexity index is 493. The Morgan fingerprint density at radius 3 is 2.40 bits per heavy atom. The maximum absolute atomic E-state index is 12.1. The number of amides is 1. The number of morpholine rings is 1. The third-order valence-corrected chi connectivity index (χ3v) is 3.52. The van der Waals surface area contributed by atoms with Gasteiger partial charge in [-0.2, -0.15) is 0 Å². The van der Waals surface area contributed by atoms with Gasteiger partial charge in [-0.25, -0.2) is 0 Å². The van der Waals surface area contributed by atoms with Crippen molar-refractivity contribution in [1.82, 2.24) is 4.90 Å². The molecule has 0 bridgehead atoms. The van der Waals surface area contributed by atoms with E-state index >= 15 is 0 Å². The molecular formula is C16H21NO3. The van der Waals surface area contributed by atoms with E-state index in [1.807, 2.05) is 37.0 Å². The molecule has 1 aliphatic heterocycles. The topological polar surface area (TPSA) is 38.8 Å². The number of benzene rings is 1. The van der Waals surface area contributed by atoms with Crippen LogP contribution < -0.4 is 4.74 Å². The Kier molecular flexibility index (Phi) is 4.79. The third-order valence-electron chi connectivity index (χ3n) is 3.52. The fourth-order valence-electron chi connectivity index (χ4n) is 2.36. The predicted octanol–water partition coefficient (Wildman–Crippen LogP) is 2.18. The minimum atomic E-state index is 0.0444. The molecule has 0 saturated carbocycles. The second kappa shape index (κ2) is 6.57. The van der Waals surface area contributed by atoms with E-state index in [0.29, 0.717) is 26.3 Å². The number of hydrogen-bond acceptors (Lipinski definition) is 3. The highest BCUT2D eigenvalue weighted by molar-refractivity contribution is 5.92. The maximum Gasteiger partial charge on any atom is 0.246 e. The van der Waals surface area contributed by atoms with Gasteiger partial charge >= 0.3 is 0 Å². The van der Waals surface area contributed by atoms with Crippen LogP contribution >= 0.6 is 0 Å². The molecule has 1 fully saturated rings. The van der Waals surface area contributed by atoms with E-state index < -0.39 is 0 Å². The van der Waals surface area contributed by atoms with Gasteiger partial charge in [0.15, 0.2) is 0 Å². The molecule has 4 heteroatoms. The van der Waals surface area contributed by atoms with Crippen LogP contribution in [0.4, 0.5) is 0 Å². The predicted molar refractivity (Wildman–Crippen MR) is 78.9 cm³/mol. The molecule has 0 radical (unpaired) electrons. The van der Waals surface area contributed by atoms with Crippen LogP contribution in [-0.2, 0) is 9.53 Å².